The lowest BCUT2D eigenvalue weighted by Crippen LogP contribution is -2.37. The third-order valence-corrected chi connectivity index (χ3v) is 3.69. The van der Waals surface area contributed by atoms with Gasteiger partial charge in [0.15, 0.2) is 0 Å². The molecular formula is C21H20N2O3. The maximum Gasteiger partial charge on any atom is 0.329 e. The van der Waals surface area contributed by atoms with Gasteiger partial charge in [0.2, 0.25) is 0 Å². The molecule has 0 bridgehead atoms. The number of carbonyl (C=O) groups is 2. The Hall–Kier alpha value is -3.39. The number of hydrogen-bond donors (Lipinski definition) is 0. The summed E-state index contributed by atoms with van der Waals surface area (Å²) in [6.45, 7) is 4.36. The highest BCUT2D eigenvalue weighted by molar-refractivity contribution is 5.76. The van der Waals surface area contributed by atoms with Gasteiger partial charge in [-0.25, -0.2) is 0 Å². The van der Waals surface area contributed by atoms with E-state index >= 15 is 0 Å². The Kier molecular flexibility index (Phi) is 6.29. The van der Waals surface area contributed by atoms with Gasteiger partial charge < -0.3 is 4.84 Å². The summed E-state index contributed by atoms with van der Waals surface area (Å²) >= 11 is 0. The predicted octanol–water partition coefficient (Wildman–Crippen LogP) is 3.95. The molecule has 5 heteroatoms. The predicted molar refractivity (Wildman–Crippen MR) is 99.4 cm³/mol. The molecule has 0 saturated carbocycles. The second-order valence-corrected chi connectivity index (χ2v) is 5.85. The molecule has 2 aromatic rings. The third-order valence-electron chi connectivity index (χ3n) is 3.69. The minimum atomic E-state index is -0.542. The fourth-order valence-electron chi connectivity index (χ4n) is 2.49. The van der Waals surface area contributed by atoms with Crippen LogP contribution in [0.15, 0.2) is 54.6 Å². The van der Waals surface area contributed by atoms with Crippen molar-refractivity contribution in [3.05, 3.63) is 65.7 Å². The quantitative estimate of drug-likeness (QED) is 0.784. The Labute approximate surface area is 153 Å². The Morgan fingerprint density at radius 2 is 1.77 bits per heavy atom. The van der Waals surface area contributed by atoms with Gasteiger partial charge in [-0.2, -0.15) is 10.3 Å². The highest BCUT2D eigenvalue weighted by Gasteiger charge is 2.17. The van der Waals surface area contributed by atoms with E-state index in [2.05, 4.69) is 6.07 Å². The second-order valence-electron chi connectivity index (χ2n) is 5.85. The lowest BCUT2D eigenvalue weighted by atomic mass is 10.0. The Balaban J connectivity index is 2.22. The molecule has 26 heavy (non-hydrogen) atoms. The van der Waals surface area contributed by atoms with Gasteiger partial charge in [-0.1, -0.05) is 42.5 Å². The zero-order valence-electron chi connectivity index (χ0n) is 15.0. The summed E-state index contributed by atoms with van der Waals surface area (Å²) in [5.74, 6) is -0.890. The normalized spacial score (nSPS) is 11.6. The van der Waals surface area contributed by atoms with Gasteiger partial charge in [-0.15, -0.1) is 0 Å². The van der Waals surface area contributed by atoms with Crippen LogP contribution in [0.1, 0.15) is 31.9 Å². The average Bonchev–Trinajstić information content (AvgIpc) is 2.64. The van der Waals surface area contributed by atoms with Gasteiger partial charge in [0, 0.05) is 13.8 Å². The molecule has 0 heterocycles. The van der Waals surface area contributed by atoms with E-state index in [1.165, 1.54) is 13.8 Å². The molecular weight excluding hydrogens is 328 g/mol. The van der Waals surface area contributed by atoms with Crippen LogP contribution in [-0.4, -0.2) is 23.0 Å². The van der Waals surface area contributed by atoms with Crippen molar-refractivity contribution >= 4 is 18.0 Å². The number of nitrogens with zero attached hydrogens (tertiary/aromatic N) is 2. The summed E-state index contributed by atoms with van der Waals surface area (Å²) in [6.07, 6.45) is 3.65. The fraction of sp³-hybridized carbons (Fsp3) is 0.190. The van der Waals surface area contributed by atoms with Gasteiger partial charge in [0.1, 0.15) is 0 Å². The lowest BCUT2D eigenvalue weighted by Gasteiger charge is -2.23. The summed E-state index contributed by atoms with van der Waals surface area (Å²) in [5, 5.41) is 10.1. The molecule has 1 amide bonds. The Morgan fingerprint density at radius 1 is 1.12 bits per heavy atom. The van der Waals surface area contributed by atoms with Crippen molar-refractivity contribution in [2.75, 3.05) is 0 Å². The molecule has 0 aliphatic carbocycles. The molecule has 0 fully saturated rings. The van der Waals surface area contributed by atoms with Crippen LogP contribution in [0.2, 0.25) is 0 Å². The van der Waals surface area contributed by atoms with E-state index in [1.807, 2.05) is 48.5 Å². The van der Waals surface area contributed by atoms with Crippen molar-refractivity contribution in [1.82, 2.24) is 5.06 Å². The number of hydrogen-bond acceptors (Lipinski definition) is 4. The van der Waals surface area contributed by atoms with Crippen molar-refractivity contribution in [2.24, 2.45) is 0 Å². The second kappa shape index (κ2) is 8.63. The molecule has 2 aromatic carbocycles. The Morgan fingerprint density at radius 3 is 2.38 bits per heavy atom. The number of rotatable bonds is 4. The van der Waals surface area contributed by atoms with Crippen molar-refractivity contribution in [3.8, 4) is 17.2 Å². The summed E-state index contributed by atoms with van der Waals surface area (Å²) in [4.78, 5) is 27.7. The Bertz CT molecular complexity index is 881. The van der Waals surface area contributed by atoms with Crippen LogP contribution in [0, 0.1) is 11.3 Å². The first-order chi connectivity index (χ1) is 12.4. The van der Waals surface area contributed by atoms with Gasteiger partial charge in [-0.3, -0.25) is 9.59 Å². The molecule has 0 radical (unpaired) electrons. The molecule has 2 rings (SSSR count). The van der Waals surface area contributed by atoms with Crippen molar-refractivity contribution in [3.63, 3.8) is 0 Å². The summed E-state index contributed by atoms with van der Waals surface area (Å²) in [5.41, 5.74) is 3.48. The smallest absolute Gasteiger partial charge is 0.329 e. The SMILES string of the molecule is CC(=O)ON(C(C)=O)[C@@H](C)/C=C/c1cccc(-c2cccc(C#N)c2)c1. The summed E-state index contributed by atoms with van der Waals surface area (Å²) in [7, 11) is 0. The standard InChI is InChI=1S/C21H20N2O3/c1-15(23(16(2)24)26-17(3)25)10-11-18-6-4-8-20(12-18)21-9-5-7-19(13-21)14-22/h4-13,15H,1-3H3/b11-10+/t15-/m0/s1. The maximum atomic E-state index is 11.6. The van der Waals surface area contributed by atoms with Crippen LogP contribution in [0.3, 0.4) is 0 Å². The van der Waals surface area contributed by atoms with E-state index in [0.29, 0.717) is 5.56 Å². The largest absolute Gasteiger partial charge is 0.338 e. The van der Waals surface area contributed by atoms with Crippen LogP contribution in [0.4, 0.5) is 0 Å². The molecule has 0 unspecified atom stereocenters. The van der Waals surface area contributed by atoms with Gasteiger partial charge in [0.05, 0.1) is 17.7 Å². The van der Waals surface area contributed by atoms with Crippen molar-refractivity contribution in [1.29, 1.82) is 5.26 Å². The monoisotopic (exact) mass is 348 g/mol. The number of amides is 1. The van der Waals surface area contributed by atoms with Crippen LogP contribution in [0.5, 0.6) is 0 Å². The van der Waals surface area contributed by atoms with E-state index < -0.39 is 12.0 Å². The third kappa shape index (κ3) is 5.05. The number of carbonyl (C=O) groups excluding carboxylic acids is 2. The molecule has 0 saturated heterocycles. The highest BCUT2D eigenvalue weighted by atomic mass is 16.7. The van der Waals surface area contributed by atoms with Crippen molar-refractivity contribution in [2.45, 2.75) is 26.8 Å². The molecule has 0 spiro atoms. The van der Waals surface area contributed by atoms with Crippen LogP contribution >= 0.6 is 0 Å². The maximum absolute atomic E-state index is 11.6. The number of hydroxylamine groups is 2. The summed E-state index contributed by atoms with van der Waals surface area (Å²) < 4.78 is 0. The molecule has 0 N–H and O–H groups in total. The van der Waals surface area contributed by atoms with Gasteiger partial charge >= 0.3 is 5.97 Å². The molecule has 0 aromatic heterocycles. The number of benzene rings is 2. The first kappa shape index (κ1) is 18.9. The lowest BCUT2D eigenvalue weighted by molar-refractivity contribution is -0.199. The molecule has 132 valence electrons. The number of nitriles is 1. The van der Waals surface area contributed by atoms with Crippen molar-refractivity contribution < 1.29 is 14.4 Å². The molecule has 0 aliphatic rings. The molecule has 0 aliphatic heterocycles. The first-order valence-corrected chi connectivity index (χ1v) is 8.18. The summed E-state index contributed by atoms with van der Waals surface area (Å²) in [6, 6.07) is 17.0. The first-order valence-electron chi connectivity index (χ1n) is 8.18. The molecule has 5 nitrogen and oxygen atoms in total. The average molecular weight is 348 g/mol. The van der Waals surface area contributed by atoms with E-state index in [0.717, 1.165) is 21.8 Å². The van der Waals surface area contributed by atoms with Gasteiger partial charge in [-0.05, 0) is 41.8 Å². The topological polar surface area (TPSA) is 70.4 Å². The zero-order chi connectivity index (χ0) is 19.1. The van der Waals surface area contributed by atoms with Gasteiger partial charge in [0.25, 0.3) is 5.91 Å². The zero-order valence-corrected chi connectivity index (χ0v) is 15.0. The van der Waals surface area contributed by atoms with Crippen LogP contribution in [-0.2, 0) is 14.4 Å². The van der Waals surface area contributed by atoms with E-state index in [9.17, 15) is 9.59 Å². The van der Waals surface area contributed by atoms with Crippen LogP contribution < -0.4 is 0 Å². The van der Waals surface area contributed by atoms with Crippen LogP contribution in [0.25, 0.3) is 17.2 Å². The van der Waals surface area contributed by atoms with E-state index in [-0.39, 0.29) is 5.91 Å². The van der Waals surface area contributed by atoms with E-state index in [4.69, 9.17) is 10.1 Å². The fourth-order valence-corrected chi connectivity index (χ4v) is 2.49. The minimum absolute atomic E-state index is 0.348. The van der Waals surface area contributed by atoms with E-state index in [1.54, 1.807) is 19.1 Å². The minimum Gasteiger partial charge on any atom is -0.338 e. The highest BCUT2D eigenvalue weighted by Crippen LogP contribution is 2.22. The molecule has 1 atom stereocenters.